The molecule has 106 valence electrons. The number of morpholine rings is 1. The van der Waals surface area contributed by atoms with Crippen molar-refractivity contribution < 1.29 is 9.13 Å². The summed E-state index contributed by atoms with van der Waals surface area (Å²) in [5.74, 6) is 0.239. The van der Waals surface area contributed by atoms with Crippen LogP contribution in [0.2, 0.25) is 5.02 Å². The molecule has 0 aliphatic carbocycles. The molecule has 0 spiro atoms. The minimum atomic E-state index is -0.311. The number of hydrogen-bond acceptors (Lipinski definition) is 2. The highest BCUT2D eigenvalue weighted by Crippen LogP contribution is 2.31. The lowest BCUT2D eigenvalue weighted by Crippen LogP contribution is -2.44. The summed E-state index contributed by atoms with van der Waals surface area (Å²) in [6.45, 7) is 5.97. The van der Waals surface area contributed by atoms with Gasteiger partial charge in [0, 0.05) is 23.7 Å². The Balaban J connectivity index is 2.12. The molecule has 0 aromatic heterocycles. The molecule has 1 aromatic rings. The molecule has 1 N–H and O–H groups in total. The molecule has 1 aliphatic heterocycles. The van der Waals surface area contributed by atoms with Crippen LogP contribution < -0.4 is 5.32 Å². The molecule has 1 heterocycles. The van der Waals surface area contributed by atoms with E-state index in [1.54, 1.807) is 6.07 Å². The van der Waals surface area contributed by atoms with Gasteiger partial charge in [-0.1, -0.05) is 44.4 Å². The first-order valence-corrected chi connectivity index (χ1v) is 7.34. The lowest BCUT2D eigenvalue weighted by Gasteiger charge is -2.35. The van der Waals surface area contributed by atoms with Gasteiger partial charge in [-0.05, 0) is 18.1 Å². The van der Waals surface area contributed by atoms with Crippen molar-refractivity contribution in [3.8, 4) is 0 Å². The Morgan fingerprint density at radius 1 is 1.37 bits per heavy atom. The van der Waals surface area contributed by atoms with E-state index in [-0.39, 0.29) is 18.0 Å². The molecule has 0 amide bonds. The Hall–Kier alpha value is -0.640. The van der Waals surface area contributed by atoms with Crippen molar-refractivity contribution in [3.05, 3.63) is 34.6 Å². The third kappa shape index (κ3) is 3.47. The van der Waals surface area contributed by atoms with Crippen LogP contribution >= 0.6 is 11.6 Å². The standard InChI is InChI=1S/C15H21ClFNO/c1-3-10(4-2)14-8-18-9-15(19-14)12-6-5-11(17)7-13(12)16/h5-7,10,14-15,18H,3-4,8-9H2,1-2H3. The monoisotopic (exact) mass is 285 g/mol. The second-order valence-electron chi connectivity index (χ2n) is 5.06. The number of benzene rings is 1. The molecule has 0 bridgehead atoms. The normalized spacial score (nSPS) is 23.8. The third-order valence-electron chi connectivity index (χ3n) is 3.90. The van der Waals surface area contributed by atoms with Crippen molar-refractivity contribution in [1.29, 1.82) is 0 Å². The van der Waals surface area contributed by atoms with Crippen molar-refractivity contribution in [2.45, 2.75) is 38.9 Å². The van der Waals surface area contributed by atoms with Gasteiger partial charge in [0.25, 0.3) is 0 Å². The lowest BCUT2D eigenvalue weighted by molar-refractivity contribution is -0.0687. The fraction of sp³-hybridized carbons (Fsp3) is 0.600. The Morgan fingerprint density at radius 2 is 2.11 bits per heavy atom. The SMILES string of the molecule is CCC(CC)C1CNCC(c2ccc(F)cc2Cl)O1. The molecule has 1 aromatic carbocycles. The van der Waals surface area contributed by atoms with E-state index >= 15 is 0 Å². The zero-order valence-electron chi connectivity index (χ0n) is 11.5. The van der Waals surface area contributed by atoms with Crippen LogP contribution in [-0.4, -0.2) is 19.2 Å². The highest BCUT2D eigenvalue weighted by molar-refractivity contribution is 6.31. The molecule has 0 saturated carbocycles. The maximum atomic E-state index is 13.1. The number of halogens is 2. The van der Waals surface area contributed by atoms with Crippen LogP contribution in [0.5, 0.6) is 0 Å². The van der Waals surface area contributed by atoms with E-state index in [0.29, 0.717) is 10.9 Å². The van der Waals surface area contributed by atoms with E-state index in [9.17, 15) is 4.39 Å². The van der Waals surface area contributed by atoms with E-state index < -0.39 is 0 Å². The third-order valence-corrected chi connectivity index (χ3v) is 4.23. The minimum absolute atomic E-state index is 0.0903. The first-order chi connectivity index (χ1) is 9.15. The molecule has 1 fully saturated rings. The van der Waals surface area contributed by atoms with Gasteiger partial charge in [-0.3, -0.25) is 0 Å². The topological polar surface area (TPSA) is 21.3 Å². The number of hydrogen-bond donors (Lipinski definition) is 1. The van der Waals surface area contributed by atoms with Gasteiger partial charge in [0.2, 0.25) is 0 Å². The first-order valence-electron chi connectivity index (χ1n) is 6.96. The second kappa shape index (κ2) is 6.69. The summed E-state index contributed by atoms with van der Waals surface area (Å²) in [4.78, 5) is 0. The van der Waals surface area contributed by atoms with Crippen molar-refractivity contribution >= 4 is 11.6 Å². The maximum Gasteiger partial charge on any atom is 0.124 e. The molecule has 2 rings (SSSR count). The largest absolute Gasteiger partial charge is 0.367 e. The molecule has 1 aliphatic rings. The molecular weight excluding hydrogens is 265 g/mol. The Morgan fingerprint density at radius 3 is 2.74 bits per heavy atom. The van der Waals surface area contributed by atoms with E-state index in [4.69, 9.17) is 16.3 Å². The van der Waals surface area contributed by atoms with Gasteiger partial charge in [0.1, 0.15) is 5.82 Å². The fourth-order valence-electron chi connectivity index (χ4n) is 2.70. The van der Waals surface area contributed by atoms with E-state index in [1.807, 2.05) is 0 Å². The summed E-state index contributed by atoms with van der Waals surface area (Å²) < 4.78 is 19.3. The van der Waals surface area contributed by atoms with Gasteiger partial charge in [-0.15, -0.1) is 0 Å². The molecule has 2 unspecified atom stereocenters. The molecule has 2 nitrogen and oxygen atoms in total. The van der Waals surface area contributed by atoms with E-state index in [0.717, 1.165) is 31.5 Å². The van der Waals surface area contributed by atoms with Gasteiger partial charge in [0.05, 0.1) is 12.2 Å². The zero-order valence-corrected chi connectivity index (χ0v) is 12.2. The van der Waals surface area contributed by atoms with Crippen LogP contribution in [0.4, 0.5) is 4.39 Å². The van der Waals surface area contributed by atoms with Crippen molar-refractivity contribution in [3.63, 3.8) is 0 Å². The molecule has 2 atom stereocenters. The molecule has 0 radical (unpaired) electrons. The average Bonchev–Trinajstić information content (AvgIpc) is 2.40. The molecule has 19 heavy (non-hydrogen) atoms. The Labute approximate surface area is 119 Å². The van der Waals surface area contributed by atoms with Crippen LogP contribution in [0.15, 0.2) is 18.2 Å². The second-order valence-corrected chi connectivity index (χ2v) is 5.47. The molecular formula is C15H21ClFNO. The highest BCUT2D eigenvalue weighted by atomic mass is 35.5. The maximum absolute atomic E-state index is 13.1. The van der Waals surface area contributed by atoms with Gasteiger partial charge in [-0.2, -0.15) is 0 Å². The number of nitrogens with one attached hydrogen (secondary N) is 1. The van der Waals surface area contributed by atoms with Gasteiger partial charge >= 0.3 is 0 Å². The summed E-state index contributed by atoms with van der Waals surface area (Å²) in [5.41, 5.74) is 0.867. The summed E-state index contributed by atoms with van der Waals surface area (Å²) in [6.07, 6.45) is 2.32. The van der Waals surface area contributed by atoms with Gasteiger partial charge in [0.15, 0.2) is 0 Å². The van der Waals surface area contributed by atoms with Gasteiger partial charge in [-0.25, -0.2) is 4.39 Å². The average molecular weight is 286 g/mol. The predicted molar refractivity (Wildman–Crippen MR) is 76.0 cm³/mol. The highest BCUT2D eigenvalue weighted by Gasteiger charge is 2.29. The van der Waals surface area contributed by atoms with Crippen molar-refractivity contribution in [1.82, 2.24) is 5.32 Å². The van der Waals surface area contributed by atoms with Crippen molar-refractivity contribution in [2.24, 2.45) is 5.92 Å². The number of rotatable bonds is 4. The molecule has 1 saturated heterocycles. The van der Waals surface area contributed by atoms with Gasteiger partial charge < -0.3 is 10.1 Å². The fourth-order valence-corrected chi connectivity index (χ4v) is 2.99. The van der Waals surface area contributed by atoms with E-state index in [1.165, 1.54) is 12.1 Å². The van der Waals surface area contributed by atoms with Crippen LogP contribution in [0.3, 0.4) is 0 Å². The summed E-state index contributed by atoms with van der Waals surface area (Å²) >= 11 is 6.11. The van der Waals surface area contributed by atoms with Crippen LogP contribution in [-0.2, 0) is 4.74 Å². The van der Waals surface area contributed by atoms with Crippen LogP contribution in [0, 0.1) is 11.7 Å². The summed E-state index contributed by atoms with van der Waals surface area (Å²) in [5, 5.41) is 3.84. The Bertz CT molecular complexity index is 423. The minimum Gasteiger partial charge on any atom is -0.367 e. The quantitative estimate of drug-likeness (QED) is 0.904. The smallest absolute Gasteiger partial charge is 0.124 e. The predicted octanol–water partition coefficient (Wildman–Crippen LogP) is 3.94. The summed E-state index contributed by atoms with van der Waals surface area (Å²) in [6, 6.07) is 4.51. The van der Waals surface area contributed by atoms with Crippen LogP contribution in [0.1, 0.15) is 38.4 Å². The first kappa shape index (κ1) is 14.8. The Kier molecular flexibility index (Phi) is 5.20. The lowest BCUT2D eigenvalue weighted by atomic mass is 9.94. The number of ether oxygens (including phenoxy) is 1. The summed E-state index contributed by atoms with van der Waals surface area (Å²) in [7, 11) is 0. The van der Waals surface area contributed by atoms with Crippen molar-refractivity contribution in [2.75, 3.05) is 13.1 Å². The zero-order chi connectivity index (χ0) is 13.8. The van der Waals surface area contributed by atoms with E-state index in [2.05, 4.69) is 19.2 Å². The molecule has 4 heteroatoms. The van der Waals surface area contributed by atoms with Crippen LogP contribution in [0.25, 0.3) is 0 Å².